The van der Waals surface area contributed by atoms with Crippen LogP contribution < -0.4 is 5.32 Å². The van der Waals surface area contributed by atoms with Crippen molar-refractivity contribution in [2.24, 2.45) is 0 Å². The van der Waals surface area contributed by atoms with Crippen molar-refractivity contribution in [1.82, 2.24) is 15.3 Å². The van der Waals surface area contributed by atoms with Crippen LogP contribution in [0.15, 0.2) is 34.6 Å². The van der Waals surface area contributed by atoms with E-state index in [2.05, 4.69) is 44.2 Å². The van der Waals surface area contributed by atoms with Crippen molar-refractivity contribution in [2.45, 2.75) is 25.8 Å². The van der Waals surface area contributed by atoms with Crippen LogP contribution in [0, 0.1) is 0 Å². The van der Waals surface area contributed by atoms with Crippen LogP contribution in [0.5, 0.6) is 0 Å². The molecule has 5 heteroatoms. The molecule has 1 atom stereocenters. The second-order valence-electron chi connectivity index (χ2n) is 4.13. The van der Waals surface area contributed by atoms with Crippen molar-refractivity contribution in [3.63, 3.8) is 0 Å². The average Bonchev–Trinajstić information content (AvgIpc) is 2.88. The molecule has 1 unspecified atom stereocenters. The zero-order valence-electron chi connectivity index (χ0n) is 10.3. The fraction of sp³-hybridized carbons (Fsp3) is 0.385. The monoisotopic (exact) mass is 325 g/mol. The molecule has 0 aliphatic rings. The van der Waals surface area contributed by atoms with Crippen molar-refractivity contribution in [3.05, 3.63) is 45.1 Å². The van der Waals surface area contributed by atoms with Crippen LogP contribution in [-0.2, 0) is 6.42 Å². The zero-order valence-corrected chi connectivity index (χ0v) is 12.7. The summed E-state index contributed by atoms with van der Waals surface area (Å²) in [6.07, 6.45) is 7.75. The summed E-state index contributed by atoms with van der Waals surface area (Å²) in [5.74, 6) is 0. The van der Waals surface area contributed by atoms with Gasteiger partial charge in [-0.25, -0.2) is 0 Å². The summed E-state index contributed by atoms with van der Waals surface area (Å²) in [4.78, 5) is 9.66. The van der Waals surface area contributed by atoms with Gasteiger partial charge in [0.25, 0.3) is 0 Å². The van der Waals surface area contributed by atoms with Gasteiger partial charge in [0, 0.05) is 34.0 Å². The van der Waals surface area contributed by atoms with E-state index in [1.54, 1.807) is 11.3 Å². The van der Waals surface area contributed by atoms with Crippen LogP contribution in [0.2, 0.25) is 0 Å². The molecule has 1 N–H and O–H groups in total. The van der Waals surface area contributed by atoms with Gasteiger partial charge in [0.2, 0.25) is 0 Å². The van der Waals surface area contributed by atoms with E-state index in [1.165, 1.54) is 10.4 Å². The summed E-state index contributed by atoms with van der Waals surface area (Å²) in [5.41, 5.74) is 3.11. The van der Waals surface area contributed by atoms with Gasteiger partial charge in [0.15, 0.2) is 0 Å². The van der Waals surface area contributed by atoms with E-state index in [9.17, 15) is 0 Å². The molecule has 0 aliphatic heterocycles. The van der Waals surface area contributed by atoms with Crippen LogP contribution >= 0.6 is 27.3 Å². The molecule has 0 spiro atoms. The smallest absolute Gasteiger partial charge is 0.0794 e. The zero-order chi connectivity index (χ0) is 12.8. The van der Waals surface area contributed by atoms with Gasteiger partial charge in [0.1, 0.15) is 0 Å². The molecule has 0 radical (unpaired) electrons. The van der Waals surface area contributed by atoms with Crippen LogP contribution in [0.4, 0.5) is 0 Å². The maximum Gasteiger partial charge on any atom is 0.0794 e. The number of rotatable bonds is 6. The minimum atomic E-state index is 0.327. The number of hydrogen-bond acceptors (Lipinski definition) is 4. The molecule has 3 nitrogen and oxygen atoms in total. The topological polar surface area (TPSA) is 37.8 Å². The molecule has 0 fully saturated rings. The van der Waals surface area contributed by atoms with Gasteiger partial charge in [0.05, 0.1) is 5.51 Å². The van der Waals surface area contributed by atoms with E-state index < -0.39 is 0 Å². The van der Waals surface area contributed by atoms with Gasteiger partial charge in [-0.05, 0) is 46.9 Å². The molecule has 0 saturated carbocycles. The molecule has 18 heavy (non-hydrogen) atoms. The van der Waals surface area contributed by atoms with Crippen molar-refractivity contribution >= 4 is 27.3 Å². The lowest BCUT2D eigenvalue weighted by Gasteiger charge is -2.16. The third-order valence-electron chi connectivity index (χ3n) is 2.64. The maximum atomic E-state index is 4.21. The van der Waals surface area contributed by atoms with Crippen molar-refractivity contribution in [2.75, 3.05) is 6.54 Å². The Balaban J connectivity index is 2.10. The molecule has 2 aromatic rings. The Bertz CT molecular complexity index is 473. The van der Waals surface area contributed by atoms with E-state index in [0.717, 1.165) is 23.9 Å². The molecule has 96 valence electrons. The van der Waals surface area contributed by atoms with Gasteiger partial charge >= 0.3 is 0 Å². The fourth-order valence-electron chi connectivity index (χ4n) is 1.79. The third kappa shape index (κ3) is 3.86. The third-order valence-corrected chi connectivity index (χ3v) is 3.96. The number of thiazole rings is 1. The number of aromatic nitrogens is 2. The normalized spacial score (nSPS) is 12.6. The summed E-state index contributed by atoms with van der Waals surface area (Å²) in [6.45, 7) is 3.20. The minimum Gasteiger partial charge on any atom is -0.309 e. The van der Waals surface area contributed by atoms with Crippen molar-refractivity contribution in [3.8, 4) is 0 Å². The number of hydrogen-bond donors (Lipinski definition) is 1. The van der Waals surface area contributed by atoms with E-state index in [1.807, 2.05) is 24.1 Å². The summed E-state index contributed by atoms with van der Waals surface area (Å²) in [6, 6.07) is 2.45. The summed E-state index contributed by atoms with van der Waals surface area (Å²) in [7, 11) is 0. The number of nitrogens with zero attached hydrogens (tertiary/aromatic N) is 2. The van der Waals surface area contributed by atoms with Crippen LogP contribution in [0.1, 0.15) is 29.8 Å². The Hall–Kier alpha value is -0.780. The van der Waals surface area contributed by atoms with Crippen molar-refractivity contribution < 1.29 is 0 Å². The molecule has 0 aromatic carbocycles. The SMILES string of the molecule is CCCNC(Cc1cncc(Br)c1)c1cncs1. The Morgan fingerprint density at radius 3 is 2.89 bits per heavy atom. The largest absolute Gasteiger partial charge is 0.309 e. The average molecular weight is 326 g/mol. The quantitative estimate of drug-likeness (QED) is 0.882. The van der Waals surface area contributed by atoms with E-state index in [-0.39, 0.29) is 0 Å². The summed E-state index contributed by atoms with van der Waals surface area (Å²) < 4.78 is 1.03. The molecule has 2 aromatic heterocycles. The van der Waals surface area contributed by atoms with Gasteiger partial charge in [-0.1, -0.05) is 6.92 Å². The second-order valence-corrected chi connectivity index (χ2v) is 5.96. The molecule has 0 amide bonds. The van der Waals surface area contributed by atoms with Gasteiger partial charge < -0.3 is 5.32 Å². The molecule has 2 heterocycles. The second kappa shape index (κ2) is 6.97. The Morgan fingerprint density at radius 1 is 1.33 bits per heavy atom. The lowest BCUT2D eigenvalue weighted by molar-refractivity contribution is 0.535. The molecule has 2 rings (SSSR count). The Labute approximate surface area is 120 Å². The lowest BCUT2D eigenvalue weighted by atomic mass is 10.1. The van der Waals surface area contributed by atoms with Gasteiger partial charge in [-0.15, -0.1) is 11.3 Å². The van der Waals surface area contributed by atoms with Gasteiger partial charge in [-0.2, -0.15) is 0 Å². The summed E-state index contributed by atoms with van der Waals surface area (Å²) in [5, 5.41) is 3.57. The first-order valence-corrected chi connectivity index (χ1v) is 7.68. The molecular formula is C13H16BrN3S. The van der Waals surface area contributed by atoms with E-state index >= 15 is 0 Å². The van der Waals surface area contributed by atoms with Crippen LogP contribution in [-0.4, -0.2) is 16.5 Å². The Morgan fingerprint density at radius 2 is 2.22 bits per heavy atom. The predicted molar refractivity (Wildman–Crippen MR) is 78.8 cm³/mol. The standard InChI is InChI=1S/C13H16BrN3S/c1-2-3-17-12(13-8-16-9-18-13)5-10-4-11(14)7-15-6-10/h4,6-9,12,17H,2-3,5H2,1H3. The predicted octanol–water partition coefficient (Wildman–Crippen LogP) is 3.58. The molecule has 0 saturated heterocycles. The number of nitrogens with one attached hydrogen (secondary N) is 1. The van der Waals surface area contributed by atoms with Crippen LogP contribution in [0.3, 0.4) is 0 Å². The molecule has 0 aliphatic carbocycles. The van der Waals surface area contributed by atoms with Gasteiger partial charge in [-0.3, -0.25) is 9.97 Å². The van der Waals surface area contributed by atoms with E-state index in [4.69, 9.17) is 0 Å². The minimum absolute atomic E-state index is 0.327. The van der Waals surface area contributed by atoms with Crippen LogP contribution in [0.25, 0.3) is 0 Å². The number of pyridine rings is 1. The van der Waals surface area contributed by atoms with Crippen molar-refractivity contribution in [1.29, 1.82) is 0 Å². The lowest BCUT2D eigenvalue weighted by Crippen LogP contribution is -2.23. The number of halogens is 1. The molecule has 0 bridgehead atoms. The fourth-order valence-corrected chi connectivity index (χ4v) is 2.90. The molecular weight excluding hydrogens is 310 g/mol. The first-order chi connectivity index (χ1) is 8.79. The maximum absolute atomic E-state index is 4.21. The Kier molecular flexibility index (Phi) is 5.28. The highest BCUT2D eigenvalue weighted by molar-refractivity contribution is 9.10. The highest BCUT2D eigenvalue weighted by atomic mass is 79.9. The first kappa shape index (κ1) is 13.6. The highest BCUT2D eigenvalue weighted by Gasteiger charge is 2.13. The highest BCUT2D eigenvalue weighted by Crippen LogP contribution is 2.22. The summed E-state index contributed by atoms with van der Waals surface area (Å²) >= 11 is 5.16. The van der Waals surface area contributed by atoms with E-state index in [0.29, 0.717) is 6.04 Å². The first-order valence-electron chi connectivity index (χ1n) is 6.00.